The third kappa shape index (κ3) is 2.97. The maximum atomic E-state index is 12.7. The molecular weight excluding hydrogens is 240 g/mol. The van der Waals surface area contributed by atoms with Crippen molar-refractivity contribution < 1.29 is 4.79 Å². The highest BCUT2D eigenvalue weighted by atomic mass is 16.2. The van der Waals surface area contributed by atoms with Crippen LogP contribution in [0.4, 0.5) is 5.69 Å². The van der Waals surface area contributed by atoms with E-state index in [0.717, 1.165) is 50.2 Å². The summed E-state index contributed by atoms with van der Waals surface area (Å²) in [6.45, 7) is 5.93. The van der Waals surface area contributed by atoms with Crippen molar-refractivity contribution in [3.05, 3.63) is 11.9 Å². The topological polar surface area (TPSA) is 59.0 Å². The molecule has 1 aliphatic rings. The fraction of sp³-hybridized carbons (Fsp3) is 0.714. The standard InChI is InChI=1S/C14H24N4O/c1-4-5-14(6-8-15-9-7-14)13(19)16-12-10-18(3)17-11(12)2/h10,15H,4-9H2,1-3H3,(H,16,19). The Bertz CT molecular complexity index is 441. The molecule has 5 nitrogen and oxygen atoms in total. The lowest BCUT2D eigenvalue weighted by atomic mass is 9.74. The van der Waals surface area contributed by atoms with Gasteiger partial charge in [-0.1, -0.05) is 13.3 Å². The Morgan fingerprint density at radius 1 is 1.53 bits per heavy atom. The van der Waals surface area contributed by atoms with Gasteiger partial charge >= 0.3 is 0 Å². The van der Waals surface area contributed by atoms with Gasteiger partial charge in [-0.05, 0) is 39.3 Å². The highest BCUT2D eigenvalue weighted by molar-refractivity contribution is 5.95. The summed E-state index contributed by atoms with van der Waals surface area (Å²) in [6, 6.07) is 0. The van der Waals surface area contributed by atoms with Crippen LogP contribution in [0.25, 0.3) is 0 Å². The van der Waals surface area contributed by atoms with Gasteiger partial charge in [0.25, 0.3) is 0 Å². The van der Waals surface area contributed by atoms with Gasteiger partial charge in [0.2, 0.25) is 5.91 Å². The van der Waals surface area contributed by atoms with Gasteiger partial charge in [-0.3, -0.25) is 9.48 Å². The van der Waals surface area contributed by atoms with Crippen molar-refractivity contribution in [2.24, 2.45) is 12.5 Å². The van der Waals surface area contributed by atoms with Crippen LogP contribution in [0.2, 0.25) is 0 Å². The van der Waals surface area contributed by atoms with E-state index in [1.807, 2.05) is 20.2 Å². The summed E-state index contributed by atoms with van der Waals surface area (Å²) in [5, 5.41) is 10.7. The average molecular weight is 264 g/mol. The fourth-order valence-electron chi connectivity index (χ4n) is 2.95. The van der Waals surface area contributed by atoms with E-state index in [2.05, 4.69) is 22.7 Å². The number of rotatable bonds is 4. The summed E-state index contributed by atoms with van der Waals surface area (Å²) in [4.78, 5) is 12.7. The van der Waals surface area contributed by atoms with Crippen LogP contribution in [0.5, 0.6) is 0 Å². The second-order valence-corrected chi connectivity index (χ2v) is 5.54. The normalized spacial score (nSPS) is 18.3. The molecule has 19 heavy (non-hydrogen) atoms. The molecule has 1 amide bonds. The Morgan fingerprint density at radius 3 is 2.74 bits per heavy atom. The zero-order valence-corrected chi connectivity index (χ0v) is 12.1. The molecule has 0 spiro atoms. The van der Waals surface area contributed by atoms with Gasteiger partial charge in [0.15, 0.2) is 0 Å². The van der Waals surface area contributed by atoms with Gasteiger partial charge in [-0.2, -0.15) is 5.10 Å². The molecule has 0 aliphatic carbocycles. The van der Waals surface area contributed by atoms with Crippen molar-refractivity contribution in [3.8, 4) is 0 Å². The second-order valence-electron chi connectivity index (χ2n) is 5.54. The Morgan fingerprint density at radius 2 is 2.21 bits per heavy atom. The average Bonchev–Trinajstić information content (AvgIpc) is 2.69. The Hall–Kier alpha value is -1.36. The summed E-state index contributed by atoms with van der Waals surface area (Å²) in [7, 11) is 1.87. The molecule has 0 saturated carbocycles. The summed E-state index contributed by atoms with van der Waals surface area (Å²) in [6.07, 6.45) is 5.71. The maximum absolute atomic E-state index is 12.7. The maximum Gasteiger partial charge on any atom is 0.230 e. The fourth-order valence-corrected chi connectivity index (χ4v) is 2.95. The zero-order chi connectivity index (χ0) is 13.9. The lowest BCUT2D eigenvalue weighted by molar-refractivity contribution is -0.127. The van der Waals surface area contributed by atoms with E-state index in [9.17, 15) is 4.79 Å². The SMILES string of the molecule is CCCC1(C(=O)Nc2cn(C)nc2C)CCNCC1. The molecule has 0 radical (unpaired) electrons. The molecule has 1 fully saturated rings. The molecule has 106 valence electrons. The second kappa shape index (κ2) is 5.74. The first-order valence-corrected chi connectivity index (χ1v) is 7.10. The predicted octanol–water partition coefficient (Wildman–Crippen LogP) is 1.84. The van der Waals surface area contributed by atoms with Gasteiger partial charge in [0.05, 0.1) is 16.8 Å². The molecule has 2 N–H and O–H groups in total. The number of nitrogens with zero attached hydrogens (tertiary/aromatic N) is 2. The van der Waals surface area contributed by atoms with E-state index < -0.39 is 0 Å². The van der Waals surface area contributed by atoms with Crippen molar-refractivity contribution in [1.29, 1.82) is 0 Å². The molecular formula is C14H24N4O. The molecule has 1 aromatic rings. The van der Waals surface area contributed by atoms with Crippen LogP contribution >= 0.6 is 0 Å². The molecule has 0 unspecified atom stereocenters. The minimum atomic E-state index is -0.206. The first kappa shape index (κ1) is 14.1. The van der Waals surface area contributed by atoms with E-state index >= 15 is 0 Å². The summed E-state index contributed by atoms with van der Waals surface area (Å²) >= 11 is 0. The van der Waals surface area contributed by atoms with Crippen LogP contribution < -0.4 is 10.6 Å². The van der Waals surface area contributed by atoms with Gasteiger partial charge in [-0.15, -0.1) is 0 Å². The smallest absolute Gasteiger partial charge is 0.230 e. The number of hydrogen-bond donors (Lipinski definition) is 2. The van der Waals surface area contributed by atoms with Crippen molar-refractivity contribution in [3.63, 3.8) is 0 Å². The van der Waals surface area contributed by atoms with Crippen molar-refractivity contribution in [1.82, 2.24) is 15.1 Å². The first-order chi connectivity index (χ1) is 9.07. The number of aromatic nitrogens is 2. The lowest BCUT2D eigenvalue weighted by Crippen LogP contribution is -2.44. The van der Waals surface area contributed by atoms with E-state index in [-0.39, 0.29) is 11.3 Å². The Kier molecular flexibility index (Phi) is 4.24. The highest BCUT2D eigenvalue weighted by Gasteiger charge is 2.38. The molecule has 0 bridgehead atoms. The predicted molar refractivity (Wildman–Crippen MR) is 76.0 cm³/mol. The van der Waals surface area contributed by atoms with Crippen LogP contribution in [-0.2, 0) is 11.8 Å². The molecule has 0 aromatic carbocycles. The Labute approximate surface area is 114 Å². The number of hydrogen-bond acceptors (Lipinski definition) is 3. The zero-order valence-electron chi connectivity index (χ0n) is 12.1. The number of carbonyl (C=O) groups is 1. The minimum Gasteiger partial charge on any atom is -0.323 e. The molecule has 0 atom stereocenters. The molecule has 2 heterocycles. The van der Waals surface area contributed by atoms with Crippen LogP contribution in [0.3, 0.4) is 0 Å². The number of piperidine rings is 1. The van der Waals surface area contributed by atoms with Gasteiger partial charge in [0, 0.05) is 13.2 Å². The van der Waals surface area contributed by atoms with E-state index in [4.69, 9.17) is 0 Å². The number of carbonyl (C=O) groups excluding carboxylic acids is 1. The van der Waals surface area contributed by atoms with Crippen LogP contribution in [0, 0.1) is 12.3 Å². The first-order valence-electron chi connectivity index (χ1n) is 7.10. The third-order valence-corrected chi connectivity index (χ3v) is 4.03. The van der Waals surface area contributed by atoms with Crippen LogP contribution in [-0.4, -0.2) is 28.8 Å². The number of nitrogens with one attached hydrogen (secondary N) is 2. The van der Waals surface area contributed by atoms with Crippen molar-refractivity contribution >= 4 is 11.6 Å². The number of amides is 1. The summed E-state index contributed by atoms with van der Waals surface area (Å²) < 4.78 is 1.74. The molecule has 5 heteroatoms. The molecule has 1 aliphatic heterocycles. The lowest BCUT2D eigenvalue weighted by Gasteiger charge is -2.36. The third-order valence-electron chi connectivity index (χ3n) is 4.03. The van der Waals surface area contributed by atoms with E-state index in [1.54, 1.807) is 4.68 Å². The molecule has 1 saturated heterocycles. The number of aryl methyl sites for hydroxylation is 2. The van der Waals surface area contributed by atoms with Crippen molar-refractivity contribution in [2.75, 3.05) is 18.4 Å². The largest absolute Gasteiger partial charge is 0.323 e. The summed E-state index contributed by atoms with van der Waals surface area (Å²) in [5.41, 5.74) is 1.50. The van der Waals surface area contributed by atoms with Crippen molar-refractivity contribution in [2.45, 2.75) is 39.5 Å². The summed E-state index contributed by atoms with van der Waals surface area (Å²) in [5.74, 6) is 0.159. The molecule has 2 rings (SSSR count). The molecule has 1 aromatic heterocycles. The highest BCUT2D eigenvalue weighted by Crippen LogP contribution is 2.35. The van der Waals surface area contributed by atoms with E-state index in [1.165, 1.54) is 0 Å². The Balaban J connectivity index is 2.13. The minimum absolute atomic E-state index is 0.159. The quantitative estimate of drug-likeness (QED) is 0.872. The van der Waals surface area contributed by atoms with Gasteiger partial charge in [-0.25, -0.2) is 0 Å². The van der Waals surface area contributed by atoms with Gasteiger partial charge < -0.3 is 10.6 Å². The van der Waals surface area contributed by atoms with Crippen LogP contribution in [0.15, 0.2) is 6.20 Å². The monoisotopic (exact) mass is 264 g/mol. The number of anilines is 1. The van der Waals surface area contributed by atoms with Crippen LogP contribution in [0.1, 0.15) is 38.3 Å². The van der Waals surface area contributed by atoms with Gasteiger partial charge in [0.1, 0.15) is 0 Å². The van der Waals surface area contributed by atoms with E-state index in [0.29, 0.717) is 0 Å².